The number of hydrogen-bond acceptors (Lipinski definition) is 9. The summed E-state index contributed by atoms with van der Waals surface area (Å²) in [5, 5.41) is 13.8. The lowest BCUT2D eigenvalue weighted by atomic mass is 9.43. The molecular weight excluding hydrogens is 559 g/mol. The second kappa shape index (κ2) is 12.6. The van der Waals surface area contributed by atoms with Crippen LogP contribution in [0.25, 0.3) is 0 Å². The van der Waals surface area contributed by atoms with Crippen molar-refractivity contribution in [3.8, 4) is 0 Å². The number of carbonyl (C=O) groups excluding carboxylic acids is 2. The maximum absolute atomic E-state index is 13.8. The number of Topliss-reactive ketones (excluding diaryl/α,β-unsaturated/α-hetero) is 1. The molecule has 14 heteroatoms. The Morgan fingerprint density at radius 2 is 2.00 bits per heavy atom. The van der Waals surface area contributed by atoms with Crippen molar-refractivity contribution in [2.75, 3.05) is 6.54 Å². The van der Waals surface area contributed by atoms with Gasteiger partial charge in [-0.3, -0.25) is 9.59 Å². The van der Waals surface area contributed by atoms with Crippen LogP contribution < -0.4 is 16.5 Å². The third kappa shape index (κ3) is 6.80. The second-order valence-electron chi connectivity index (χ2n) is 13.3. The van der Waals surface area contributed by atoms with Crippen LogP contribution in [0.4, 0.5) is 0 Å². The molecule has 2 bridgehead atoms. The number of carbonyl (C=O) groups is 2. The minimum Gasteiger partial charge on any atom is -0.404 e. The van der Waals surface area contributed by atoms with Crippen LogP contribution in [0.5, 0.6) is 0 Å². The van der Waals surface area contributed by atoms with Crippen molar-refractivity contribution in [1.82, 2.24) is 15.7 Å². The van der Waals surface area contributed by atoms with E-state index in [1.807, 2.05) is 12.3 Å². The number of aliphatic imine (C=N–C) groups is 1. The Balaban J connectivity index is 1.48. The van der Waals surface area contributed by atoms with E-state index in [1.54, 1.807) is 6.92 Å². The average Bonchev–Trinajstić information content (AvgIpc) is 3.42. The first-order valence-electron chi connectivity index (χ1n) is 14.9. The molecule has 0 unspecified atom stereocenters. The molecule has 1 aliphatic heterocycles. The third-order valence-electron chi connectivity index (χ3n) is 9.51. The van der Waals surface area contributed by atoms with Crippen LogP contribution in [-0.4, -0.2) is 59.0 Å². The van der Waals surface area contributed by atoms with Crippen LogP contribution in [-0.2, 0) is 14.1 Å². The highest BCUT2D eigenvalue weighted by Crippen LogP contribution is 2.65. The van der Waals surface area contributed by atoms with Gasteiger partial charge in [0.25, 0.3) is 5.96 Å². The van der Waals surface area contributed by atoms with Crippen LogP contribution in [0.2, 0.25) is 0 Å². The van der Waals surface area contributed by atoms with E-state index in [1.165, 1.54) is 11.3 Å². The maximum atomic E-state index is 13.8. The van der Waals surface area contributed by atoms with Gasteiger partial charge in [-0.15, -0.1) is 11.3 Å². The second-order valence-corrected chi connectivity index (χ2v) is 14.5. The van der Waals surface area contributed by atoms with Crippen LogP contribution in [0.1, 0.15) is 93.5 Å². The number of guanidine groups is 1. The van der Waals surface area contributed by atoms with E-state index in [0.29, 0.717) is 41.7 Å². The number of thiazole rings is 1. The highest BCUT2D eigenvalue weighted by atomic mass is 32.1. The van der Waals surface area contributed by atoms with Gasteiger partial charge in [0.2, 0.25) is 5.91 Å². The molecule has 1 aromatic heterocycles. The summed E-state index contributed by atoms with van der Waals surface area (Å²) in [6, 6.07) is 0. The predicted molar refractivity (Wildman–Crippen MR) is 161 cm³/mol. The first-order valence-corrected chi connectivity index (χ1v) is 15.7. The lowest BCUT2D eigenvalue weighted by molar-refractivity contribution is -0.525. The molecule has 4 aliphatic rings. The standard InChI is InChI=1S/C28H45BN6O6S/c1-15(2)11-23(29-40-22-14-19-13-21(27(19,5)6)28(22,7)41-29)33-25(37)18(9-8-10-31-26(30)34-35(38)39)12-20(36)24-16(3)32-17(4)42-24/h15,18-19,21-23H,8-14H2,1-7H3,(H,33,37)(H3,30,31,34)/t18-,19-,21-,22-,23+,28+/m1/s1. The van der Waals surface area contributed by atoms with Crippen LogP contribution >= 0.6 is 11.3 Å². The van der Waals surface area contributed by atoms with Gasteiger partial charge in [-0.05, 0) is 76.0 Å². The van der Waals surface area contributed by atoms with Crippen molar-refractivity contribution in [3.63, 3.8) is 0 Å². The molecule has 4 N–H and O–H groups in total. The maximum Gasteiger partial charge on any atom is 0.481 e. The van der Waals surface area contributed by atoms with E-state index in [-0.39, 0.29) is 54.0 Å². The van der Waals surface area contributed by atoms with Crippen molar-refractivity contribution < 1.29 is 23.9 Å². The Labute approximate surface area is 252 Å². The fourth-order valence-electron chi connectivity index (χ4n) is 7.22. The van der Waals surface area contributed by atoms with Crippen LogP contribution in [0.3, 0.4) is 0 Å². The fourth-order valence-corrected chi connectivity index (χ4v) is 8.08. The van der Waals surface area contributed by atoms with Gasteiger partial charge < -0.3 is 20.4 Å². The minimum absolute atomic E-state index is 0.00291. The molecule has 3 saturated carbocycles. The minimum atomic E-state index is -0.782. The Kier molecular flexibility index (Phi) is 9.68. The van der Waals surface area contributed by atoms with E-state index >= 15 is 0 Å². The first kappa shape index (κ1) is 32.3. The van der Waals surface area contributed by atoms with E-state index in [0.717, 1.165) is 17.8 Å². The molecule has 3 aliphatic carbocycles. The number of hydrogen-bond donors (Lipinski definition) is 3. The Morgan fingerprint density at radius 1 is 1.29 bits per heavy atom. The number of hydrazine groups is 1. The van der Waals surface area contributed by atoms with Gasteiger partial charge in [0.1, 0.15) is 0 Å². The highest BCUT2D eigenvalue weighted by molar-refractivity contribution is 7.13. The SMILES string of the molecule is Cc1nc(C)c(C(=O)C[C@@H](CCCN=C(N)N[N+](=O)[O-])C(=O)N[C@@H](CC(C)C)B2O[C@@H]3C[C@H]4C[C@H](C4(C)C)[C@]3(C)O2)s1. The number of aromatic nitrogens is 1. The van der Waals surface area contributed by atoms with E-state index < -0.39 is 23.7 Å². The molecule has 1 aromatic rings. The van der Waals surface area contributed by atoms with Gasteiger partial charge in [-0.1, -0.05) is 33.1 Å². The molecule has 42 heavy (non-hydrogen) atoms. The van der Waals surface area contributed by atoms with Crippen molar-refractivity contribution >= 4 is 36.1 Å². The van der Waals surface area contributed by atoms with Gasteiger partial charge in [-0.25, -0.2) is 20.1 Å². The molecule has 6 atom stereocenters. The summed E-state index contributed by atoms with van der Waals surface area (Å²) < 4.78 is 13.2. The summed E-state index contributed by atoms with van der Waals surface area (Å²) in [5.41, 5.74) is 7.81. The predicted octanol–water partition coefficient (Wildman–Crippen LogP) is 3.62. The Morgan fingerprint density at radius 3 is 2.60 bits per heavy atom. The average molecular weight is 605 g/mol. The van der Waals surface area contributed by atoms with Gasteiger partial charge in [-0.2, -0.15) is 0 Å². The summed E-state index contributed by atoms with van der Waals surface area (Å²) in [6.07, 6.45) is 3.54. The zero-order valence-corrected chi connectivity index (χ0v) is 26.6. The van der Waals surface area contributed by atoms with Crippen LogP contribution in [0.15, 0.2) is 4.99 Å². The number of nitrogens with zero attached hydrogens (tertiary/aromatic N) is 3. The van der Waals surface area contributed by atoms with Crippen molar-refractivity contribution in [1.29, 1.82) is 0 Å². The number of nitrogens with two attached hydrogens (primary N) is 1. The summed E-state index contributed by atoms with van der Waals surface area (Å²) in [7, 11) is -0.568. The molecule has 0 aromatic carbocycles. The topological polar surface area (TPSA) is 171 Å². The van der Waals surface area contributed by atoms with Crippen molar-refractivity contribution in [2.24, 2.45) is 39.8 Å². The fraction of sp³-hybridized carbons (Fsp3) is 0.786. The van der Waals surface area contributed by atoms with Gasteiger partial charge >= 0.3 is 7.12 Å². The molecule has 0 spiro atoms. The molecule has 4 fully saturated rings. The summed E-state index contributed by atoms with van der Waals surface area (Å²) in [6.45, 7) is 14.8. The van der Waals surface area contributed by atoms with Gasteiger partial charge in [0, 0.05) is 18.9 Å². The third-order valence-corrected chi connectivity index (χ3v) is 10.6. The molecule has 5 rings (SSSR count). The lowest BCUT2D eigenvalue weighted by Crippen LogP contribution is -2.65. The van der Waals surface area contributed by atoms with Crippen molar-refractivity contribution in [3.05, 3.63) is 25.7 Å². The van der Waals surface area contributed by atoms with Crippen molar-refractivity contribution in [2.45, 2.75) is 105 Å². The van der Waals surface area contributed by atoms with E-state index in [4.69, 9.17) is 15.0 Å². The lowest BCUT2D eigenvalue weighted by Gasteiger charge is -2.64. The number of nitro groups is 1. The van der Waals surface area contributed by atoms with Gasteiger partial charge in [0.05, 0.1) is 33.2 Å². The summed E-state index contributed by atoms with van der Waals surface area (Å²) in [5.74, 6) is -0.400. The molecular formula is C28H45BN6O6S. The highest BCUT2D eigenvalue weighted by Gasteiger charge is 2.68. The zero-order chi connectivity index (χ0) is 31.0. The number of ketones is 1. The van der Waals surface area contributed by atoms with E-state index in [2.05, 4.69) is 49.9 Å². The Hall–Kier alpha value is -2.58. The summed E-state index contributed by atoms with van der Waals surface area (Å²) in [4.78, 5) is 46.6. The largest absolute Gasteiger partial charge is 0.481 e. The molecule has 0 radical (unpaired) electrons. The van der Waals surface area contributed by atoms with E-state index in [9.17, 15) is 19.7 Å². The number of aryl methyl sites for hydroxylation is 2. The van der Waals surface area contributed by atoms with Crippen LogP contribution in [0, 0.1) is 53.0 Å². The molecule has 1 saturated heterocycles. The quantitative estimate of drug-likeness (QED) is 0.0579. The normalized spacial score (nSPS) is 27.7. The molecule has 232 valence electrons. The molecule has 2 heterocycles. The summed E-state index contributed by atoms with van der Waals surface area (Å²) >= 11 is 1.33. The number of nitrogens with one attached hydrogen (secondary N) is 2. The monoisotopic (exact) mass is 604 g/mol. The molecule has 12 nitrogen and oxygen atoms in total. The molecule has 1 amide bonds. The Bertz CT molecular complexity index is 1220. The number of rotatable bonds is 13. The number of amides is 1. The van der Waals surface area contributed by atoms with Gasteiger partial charge in [0.15, 0.2) is 10.8 Å². The first-order chi connectivity index (χ1) is 19.6. The smallest absolute Gasteiger partial charge is 0.404 e. The zero-order valence-electron chi connectivity index (χ0n) is 25.8.